The fourth-order valence-electron chi connectivity index (χ4n) is 1.52. The van der Waals surface area contributed by atoms with Crippen molar-refractivity contribution in [3.63, 3.8) is 0 Å². The second kappa shape index (κ2) is 5.98. The van der Waals surface area contributed by atoms with Crippen LogP contribution in [0.4, 0.5) is 18.9 Å². The molecular weight excluding hydrogens is 241 g/mol. The van der Waals surface area contributed by atoms with Crippen LogP contribution in [0.1, 0.15) is 44.5 Å². The summed E-state index contributed by atoms with van der Waals surface area (Å²) in [6.45, 7) is 5.51. The van der Waals surface area contributed by atoms with Crippen molar-refractivity contribution in [2.24, 2.45) is 4.99 Å². The van der Waals surface area contributed by atoms with Crippen LogP contribution >= 0.6 is 0 Å². The lowest BCUT2D eigenvalue weighted by Crippen LogP contribution is -2.08. The Morgan fingerprint density at radius 3 is 2.50 bits per heavy atom. The maximum atomic E-state index is 12.4. The third kappa shape index (κ3) is 4.13. The fourth-order valence-corrected chi connectivity index (χ4v) is 1.52. The number of pyridine rings is 1. The first-order valence-electron chi connectivity index (χ1n) is 5.93. The Bertz CT molecular complexity index is 436. The van der Waals surface area contributed by atoms with Gasteiger partial charge in [-0.05, 0) is 38.8 Å². The second-order valence-electron chi connectivity index (χ2n) is 4.25. The van der Waals surface area contributed by atoms with E-state index >= 15 is 0 Å². The summed E-state index contributed by atoms with van der Waals surface area (Å²) in [5.41, 5.74) is 0.865. The van der Waals surface area contributed by atoms with Crippen molar-refractivity contribution in [3.8, 4) is 0 Å². The maximum absolute atomic E-state index is 12.4. The minimum absolute atomic E-state index is 0.306. The van der Waals surface area contributed by atoms with Gasteiger partial charge in [0, 0.05) is 5.71 Å². The minimum Gasteiger partial charge on any atom is -0.256 e. The maximum Gasteiger partial charge on any atom is 0.433 e. The normalized spacial score (nSPS) is 12.9. The average Bonchev–Trinajstić information content (AvgIpc) is 2.27. The fraction of sp³-hybridized carbons (Fsp3) is 0.538. The zero-order valence-electron chi connectivity index (χ0n) is 10.8. The Morgan fingerprint density at radius 2 is 2.00 bits per heavy atom. The Balaban J connectivity index is 2.93. The highest BCUT2D eigenvalue weighted by Crippen LogP contribution is 2.29. The van der Waals surface area contributed by atoms with Gasteiger partial charge in [0.05, 0.1) is 11.4 Å². The van der Waals surface area contributed by atoms with Crippen molar-refractivity contribution in [2.75, 3.05) is 0 Å². The highest BCUT2D eigenvalue weighted by molar-refractivity contribution is 5.84. The first kappa shape index (κ1) is 14.7. The summed E-state index contributed by atoms with van der Waals surface area (Å²) in [7, 11) is 0. The average molecular weight is 258 g/mol. The summed E-state index contributed by atoms with van der Waals surface area (Å²) < 4.78 is 37.3. The molecule has 0 aliphatic rings. The topological polar surface area (TPSA) is 25.2 Å². The molecule has 1 aromatic rings. The molecule has 2 nitrogen and oxygen atoms in total. The lowest BCUT2D eigenvalue weighted by molar-refractivity contribution is -0.141. The number of nitrogens with zero attached hydrogens (tertiary/aromatic N) is 2. The molecule has 0 aliphatic heterocycles. The van der Waals surface area contributed by atoms with Crippen LogP contribution in [0.3, 0.4) is 0 Å². The van der Waals surface area contributed by atoms with Gasteiger partial charge >= 0.3 is 6.18 Å². The molecule has 1 rings (SSSR count). The number of unbranched alkanes of at least 4 members (excludes halogenated alkanes) is 1. The molecule has 1 heterocycles. The zero-order valence-corrected chi connectivity index (χ0v) is 10.8. The summed E-state index contributed by atoms with van der Waals surface area (Å²) >= 11 is 0. The molecule has 0 fully saturated rings. The van der Waals surface area contributed by atoms with Crippen LogP contribution in [0, 0.1) is 6.92 Å². The molecule has 0 saturated heterocycles. The standard InChI is InChI=1S/C13H17F3N2/c1-4-5-6-9(2)17-11-7-8-12(13(14,15)16)18-10(11)3/h7-8H,4-6H2,1-3H3. The van der Waals surface area contributed by atoms with Crippen LogP contribution < -0.4 is 0 Å². The molecule has 0 unspecified atom stereocenters. The molecule has 0 amide bonds. The van der Waals surface area contributed by atoms with E-state index < -0.39 is 11.9 Å². The summed E-state index contributed by atoms with van der Waals surface area (Å²) in [6, 6.07) is 2.35. The Hall–Kier alpha value is -1.39. The molecule has 1 aromatic heterocycles. The number of alkyl halides is 3. The lowest BCUT2D eigenvalue weighted by Gasteiger charge is -2.08. The van der Waals surface area contributed by atoms with Crippen molar-refractivity contribution in [1.82, 2.24) is 4.98 Å². The largest absolute Gasteiger partial charge is 0.433 e. The third-order valence-electron chi connectivity index (χ3n) is 2.55. The highest BCUT2D eigenvalue weighted by Gasteiger charge is 2.32. The molecule has 0 saturated carbocycles. The van der Waals surface area contributed by atoms with Crippen molar-refractivity contribution in [1.29, 1.82) is 0 Å². The highest BCUT2D eigenvalue weighted by atomic mass is 19.4. The van der Waals surface area contributed by atoms with Gasteiger partial charge in [-0.1, -0.05) is 13.3 Å². The molecule has 0 N–H and O–H groups in total. The first-order valence-corrected chi connectivity index (χ1v) is 5.93. The predicted molar refractivity (Wildman–Crippen MR) is 66.3 cm³/mol. The minimum atomic E-state index is -4.40. The van der Waals surface area contributed by atoms with E-state index in [1.54, 1.807) is 6.92 Å². The van der Waals surface area contributed by atoms with E-state index in [-0.39, 0.29) is 0 Å². The molecule has 0 atom stereocenters. The van der Waals surface area contributed by atoms with Gasteiger partial charge < -0.3 is 0 Å². The van der Waals surface area contributed by atoms with Gasteiger partial charge in [-0.2, -0.15) is 13.2 Å². The Kier molecular flexibility index (Phi) is 4.87. The van der Waals surface area contributed by atoms with E-state index in [4.69, 9.17) is 0 Å². The van der Waals surface area contributed by atoms with E-state index in [1.165, 1.54) is 6.07 Å². The summed E-state index contributed by atoms with van der Waals surface area (Å²) in [5, 5.41) is 0. The number of rotatable bonds is 4. The molecule has 100 valence electrons. The smallest absolute Gasteiger partial charge is 0.256 e. The molecule has 0 aromatic carbocycles. The van der Waals surface area contributed by atoms with E-state index in [9.17, 15) is 13.2 Å². The number of aryl methyl sites for hydroxylation is 1. The Morgan fingerprint density at radius 1 is 1.33 bits per heavy atom. The summed E-state index contributed by atoms with van der Waals surface area (Å²) in [5.74, 6) is 0. The van der Waals surface area contributed by atoms with Gasteiger partial charge in [0.15, 0.2) is 0 Å². The molecule has 0 aliphatic carbocycles. The Labute approximate surface area is 105 Å². The molecule has 5 heteroatoms. The number of aliphatic imine (C=N–C) groups is 1. The third-order valence-corrected chi connectivity index (χ3v) is 2.55. The molecule has 18 heavy (non-hydrogen) atoms. The van der Waals surface area contributed by atoms with Crippen LogP contribution in [-0.2, 0) is 6.18 Å². The number of hydrogen-bond donors (Lipinski definition) is 0. The van der Waals surface area contributed by atoms with Crippen molar-refractivity contribution in [3.05, 3.63) is 23.5 Å². The first-order chi connectivity index (χ1) is 8.34. The van der Waals surface area contributed by atoms with E-state index in [2.05, 4.69) is 16.9 Å². The van der Waals surface area contributed by atoms with E-state index in [1.807, 2.05) is 6.92 Å². The van der Waals surface area contributed by atoms with Gasteiger partial charge in [-0.3, -0.25) is 4.99 Å². The van der Waals surface area contributed by atoms with Gasteiger partial charge in [-0.15, -0.1) is 0 Å². The zero-order chi connectivity index (χ0) is 13.8. The van der Waals surface area contributed by atoms with Gasteiger partial charge in [0.25, 0.3) is 0 Å². The second-order valence-corrected chi connectivity index (χ2v) is 4.25. The van der Waals surface area contributed by atoms with Crippen LogP contribution in [0.25, 0.3) is 0 Å². The monoisotopic (exact) mass is 258 g/mol. The van der Waals surface area contributed by atoms with Crippen LogP contribution in [0.15, 0.2) is 17.1 Å². The quantitative estimate of drug-likeness (QED) is 0.719. The molecule has 0 spiro atoms. The molecule has 0 bridgehead atoms. The number of aromatic nitrogens is 1. The SMILES string of the molecule is CCCCC(C)=Nc1ccc(C(F)(F)F)nc1C. The number of hydrogen-bond acceptors (Lipinski definition) is 2. The van der Waals surface area contributed by atoms with Crippen molar-refractivity contribution in [2.45, 2.75) is 46.2 Å². The van der Waals surface area contributed by atoms with Gasteiger partial charge in [0.1, 0.15) is 5.69 Å². The van der Waals surface area contributed by atoms with Crippen LogP contribution in [-0.4, -0.2) is 10.7 Å². The van der Waals surface area contributed by atoms with E-state index in [0.717, 1.165) is 31.0 Å². The van der Waals surface area contributed by atoms with Crippen molar-refractivity contribution >= 4 is 11.4 Å². The lowest BCUT2D eigenvalue weighted by atomic mass is 10.2. The van der Waals surface area contributed by atoms with Gasteiger partial charge in [0.2, 0.25) is 0 Å². The van der Waals surface area contributed by atoms with Crippen LogP contribution in [0.5, 0.6) is 0 Å². The van der Waals surface area contributed by atoms with E-state index in [0.29, 0.717) is 11.4 Å². The van der Waals surface area contributed by atoms with Gasteiger partial charge in [-0.25, -0.2) is 4.98 Å². The summed E-state index contributed by atoms with van der Waals surface area (Å²) in [6.07, 6.45) is -1.44. The molecule has 0 radical (unpaired) electrons. The van der Waals surface area contributed by atoms with Crippen LogP contribution in [0.2, 0.25) is 0 Å². The predicted octanol–water partition coefficient (Wildman–Crippen LogP) is 4.69. The molecular formula is C13H17F3N2. The summed E-state index contributed by atoms with van der Waals surface area (Å²) in [4.78, 5) is 7.85. The van der Waals surface area contributed by atoms with Crippen molar-refractivity contribution < 1.29 is 13.2 Å². The number of halogens is 3.